The third kappa shape index (κ3) is 2.06. The molecule has 0 radical (unpaired) electrons. The van der Waals surface area contributed by atoms with Crippen LogP contribution in [0.3, 0.4) is 0 Å². The number of aliphatic hydroxyl groups is 1. The maximum atomic E-state index is 8.49. The second-order valence-electron chi connectivity index (χ2n) is 2.19. The fraction of sp³-hybridized carbons (Fsp3) is 0.429. The lowest BCUT2D eigenvalue weighted by atomic mass is 10.4. The second kappa shape index (κ2) is 3.74. The molecule has 0 aliphatic heterocycles. The summed E-state index contributed by atoms with van der Waals surface area (Å²) in [7, 11) is 0. The lowest BCUT2D eigenvalue weighted by molar-refractivity contribution is 0.280. The second-order valence-corrected chi connectivity index (χ2v) is 2.19. The summed E-state index contributed by atoms with van der Waals surface area (Å²) in [6.07, 6.45) is 3.95. The molecule has 1 heterocycles. The number of hydrogen-bond acceptors (Lipinski definition) is 3. The zero-order valence-corrected chi connectivity index (χ0v) is 6.06. The summed E-state index contributed by atoms with van der Waals surface area (Å²) in [6, 6.07) is 1.93. The molecule has 4 nitrogen and oxygen atoms in total. The average Bonchev–Trinajstić information content (AvgIpc) is 2.48. The maximum Gasteiger partial charge on any atom is 0.158 e. The van der Waals surface area contributed by atoms with E-state index in [1.165, 1.54) is 0 Å². The molecule has 1 aromatic heterocycles. The first kappa shape index (κ1) is 7.76. The SMILES string of the molecule is N#Cc1cn(CCCO)cn1. The fourth-order valence-corrected chi connectivity index (χ4v) is 0.793. The highest BCUT2D eigenvalue weighted by molar-refractivity contribution is 5.15. The summed E-state index contributed by atoms with van der Waals surface area (Å²) < 4.78 is 1.79. The van der Waals surface area contributed by atoms with Crippen LogP contribution in [0.5, 0.6) is 0 Å². The lowest BCUT2D eigenvalue weighted by Gasteiger charge is -1.96. The summed E-state index contributed by atoms with van der Waals surface area (Å²) in [5, 5.41) is 16.9. The van der Waals surface area contributed by atoms with Crippen molar-refractivity contribution in [2.75, 3.05) is 6.61 Å². The molecular weight excluding hydrogens is 142 g/mol. The van der Waals surface area contributed by atoms with Gasteiger partial charge in [0.25, 0.3) is 0 Å². The van der Waals surface area contributed by atoms with Crippen LogP contribution in [0, 0.1) is 11.3 Å². The zero-order valence-electron chi connectivity index (χ0n) is 6.06. The molecule has 0 aromatic carbocycles. The average molecular weight is 151 g/mol. The van der Waals surface area contributed by atoms with E-state index in [0.717, 1.165) is 0 Å². The molecule has 0 unspecified atom stereocenters. The first-order valence-electron chi connectivity index (χ1n) is 3.39. The van der Waals surface area contributed by atoms with Gasteiger partial charge in [-0.3, -0.25) is 0 Å². The molecule has 0 aliphatic carbocycles. The van der Waals surface area contributed by atoms with Crippen LogP contribution in [0.2, 0.25) is 0 Å². The van der Waals surface area contributed by atoms with Crippen molar-refractivity contribution in [1.29, 1.82) is 5.26 Å². The molecule has 0 bridgehead atoms. The molecule has 0 amide bonds. The highest BCUT2D eigenvalue weighted by atomic mass is 16.3. The normalized spacial score (nSPS) is 9.45. The van der Waals surface area contributed by atoms with E-state index in [1.54, 1.807) is 17.1 Å². The fourth-order valence-electron chi connectivity index (χ4n) is 0.793. The molecule has 0 atom stereocenters. The van der Waals surface area contributed by atoms with Gasteiger partial charge in [-0.1, -0.05) is 0 Å². The third-order valence-corrected chi connectivity index (χ3v) is 1.32. The number of rotatable bonds is 3. The van der Waals surface area contributed by atoms with Crippen molar-refractivity contribution >= 4 is 0 Å². The van der Waals surface area contributed by atoms with Crippen molar-refractivity contribution in [2.45, 2.75) is 13.0 Å². The van der Waals surface area contributed by atoms with Crippen LogP contribution in [0.1, 0.15) is 12.1 Å². The summed E-state index contributed by atoms with van der Waals surface area (Å²) in [5.74, 6) is 0. The van der Waals surface area contributed by atoms with Gasteiger partial charge in [0.2, 0.25) is 0 Å². The first-order valence-corrected chi connectivity index (χ1v) is 3.39. The van der Waals surface area contributed by atoms with Crippen molar-refractivity contribution in [2.24, 2.45) is 0 Å². The molecule has 58 valence electrons. The number of nitriles is 1. The number of nitrogens with zero attached hydrogens (tertiary/aromatic N) is 3. The standard InChI is InChI=1S/C7H9N3O/c8-4-7-5-10(6-9-7)2-1-3-11/h5-6,11H,1-3H2. The first-order chi connectivity index (χ1) is 5.36. The molecule has 1 aromatic rings. The minimum Gasteiger partial charge on any atom is -0.396 e. The van der Waals surface area contributed by atoms with Gasteiger partial charge in [0.05, 0.1) is 6.33 Å². The Morgan fingerprint density at radius 3 is 3.09 bits per heavy atom. The van der Waals surface area contributed by atoms with E-state index < -0.39 is 0 Å². The van der Waals surface area contributed by atoms with Gasteiger partial charge in [0.15, 0.2) is 5.69 Å². The van der Waals surface area contributed by atoms with Gasteiger partial charge in [0, 0.05) is 19.3 Å². The minimum atomic E-state index is 0.167. The van der Waals surface area contributed by atoms with Gasteiger partial charge in [-0.25, -0.2) is 4.98 Å². The van der Waals surface area contributed by atoms with Crippen molar-refractivity contribution < 1.29 is 5.11 Å². The monoisotopic (exact) mass is 151 g/mol. The maximum absolute atomic E-state index is 8.49. The van der Waals surface area contributed by atoms with E-state index in [1.807, 2.05) is 6.07 Å². The molecule has 0 saturated carbocycles. The van der Waals surface area contributed by atoms with Crippen LogP contribution >= 0.6 is 0 Å². The van der Waals surface area contributed by atoms with Gasteiger partial charge in [0.1, 0.15) is 6.07 Å². The molecule has 0 fully saturated rings. The lowest BCUT2D eigenvalue weighted by Crippen LogP contribution is -1.96. The number of aryl methyl sites for hydroxylation is 1. The summed E-state index contributed by atoms with van der Waals surface area (Å²) in [4.78, 5) is 3.81. The molecule has 0 spiro atoms. The Labute approximate surface area is 64.7 Å². The smallest absolute Gasteiger partial charge is 0.158 e. The summed E-state index contributed by atoms with van der Waals surface area (Å²) >= 11 is 0. The topological polar surface area (TPSA) is 61.8 Å². The quantitative estimate of drug-likeness (QED) is 0.668. The molecule has 11 heavy (non-hydrogen) atoms. The van der Waals surface area contributed by atoms with Gasteiger partial charge < -0.3 is 9.67 Å². The van der Waals surface area contributed by atoms with Crippen molar-refractivity contribution in [3.8, 4) is 6.07 Å². The van der Waals surface area contributed by atoms with E-state index in [2.05, 4.69) is 4.98 Å². The molecule has 1 rings (SSSR count). The molecule has 1 N–H and O–H groups in total. The van der Waals surface area contributed by atoms with Gasteiger partial charge in [-0.05, 0) is 6.42 Å². The highest BCUT2D eigenvalue weighted by Crippen LogP contribution is 1.94. The number of aromatic nitrogens is 2. The Hall–Kier alpha value is -1.34. The zero-order chi connectivity index (χ0) is 8.10. The minimum absolute atomic E-state index is 0.167. The molecule has 4 heteroatoms. The van der Waals surface area contributed by atoms with Crippen molar-refractivity contribution in [3.63, 3.8) is 0 Å². The molecule has 0 aliphatic rings. The van der Waals surface area contributed by atoms with E-state index in [9.17, 15) is 0 Å². The van der Waals surface area contributed by atoms with E-state index in [-0.39, 0.29) is 6.61 Å². The Balaban J connectivity index is 2.53. The predicted molar refractivity (Wildman–Crippen MR) is 38.6 cm³/mol. The number of aliphatic hydroxyl groups excluding tert-OH is 1. The predicted octanol–water partition coefficient (Wildman–Crippen LogP) is 0.137. The largest absolute Gasteiger partial charge is 0.396 e. The van der Waals surface area contributed by atoms with E-state index >= 15 is 0 Å². The van der Waals surface area contributed by atoms with Crippen LogP contribution in [0.25, 0.3) is 0 Å². The Morgan fingerprint density at radius 1 is 1.73 bits per heavy atom. The number of imidazole rings is 1. The Kier molecular flexibility index (Phi) is 2.64. The molecule has 0 saturated heterocycles. The Bertz CT molecular complexity index is 261. The van der Waals surface area contributed by atoms with Gasteiger partial charge in [-0.2, -0.15) is 5.26 Å². The van der Waals surface area contributed by atoms with Crippen molar-refractivity contribution in [1.82, 2.24) is 9.55 Å². The van der Waals surface area contributed by atoms with Crippen LogP contribution in [0.4, 0.5) is 0 Å². The van der Waals surface area contributed by atoms with Crippen LogP contribution in [-0.2, 0) is 6.54 Å². The van der Waals surface area contributed by atoms with Crippen LogP contribution in [0.15, 0.2) is 12.5 Å². The molecular formula is C7H9N3O. The van der Waals surface area contributed by atoms with Gasteiger partial charge in [-0.15, -0.1) is 0 Å². The summed E-state index contributed by atoms with van der Waals surface area (Å²) in [6.45, 7) is 0.880. The van der Waals surface area contributed by atoms with E-state index in [4.69, 9.17) is 10.4 Å². The third-order valence-electron chi connectivity index (χ3n) is 1.32. The van der Waals surface area contributed by atoms with Crippen molar-refractivity contribution in [3.05, 3.63) is 18.2 Å². The number of hydrogen-bond donors (Lipinski definition) is 1. The highest BCUT2D eigenvalue weighted by Gasteiger charge is 1.94. The van der Waals surface area contributed by atoms with Crippen LogP contribution < -0.4 is 0 Å². The van der Waals surface area contributed by atoms with Crippen LogP contribution in [-0.4, -0.2) is 21.3 Å². The van der Waals surface area contributed by atoms with E-state index in [0.29, 0.717) is 18.7 Å². The Morgan fingerprint density at radius 2 is 2.55 bits per heavy atom. The van der Waals surface area contributed by atoms with Gasteiger partial charge >= 0.3 is 0 Å². The summed E-state index contributed by atoms with van der Waals surface area (Å²) in [5.41, 5.74) is 0.419.